The first kappa shape index (κ1) is 12.1. The fraction of sp³-hybridized carbons (Fsp3) is 0. The van der Waals surface area contributed by atoms with E-state index < -0.39 is 0 Å². The molecule has 2 aromatic carbocycles. The second-order valence-corrected chi connectivity index (χ2v) is 5.64. The summed E-state index contributed by atoms with van der Waals surface area (Å²) in [5.74, 6) is 0.723. The number of nitrogens with zero attached hydrogens (tertiary/aromatic N) is 2. The van der Waals surface area contributed by atoms with Crippen LogP contribution in [-0.4, -0.2) is 20.1 Å². The van der Waals surface area contributed by atoms with Gasteiger partial charge in [-0.2, -0.15) is 4.98 Å². The molecule has 0 radical (unpaired) electrons. The Morgan fingerprint density at radius 1 is 0.905 bits per heavy atom. The molecular weight excluding hydrogens is 282 g/mol. The number of fused-ring (bicyclic) bond motifs is 1. The van der Waals surface area contributed by atoms with Crippen LogP contribution in [0.2, 0.25) is 0 Å². The van der Waals surface area contributed by atoms with Crippen molar-refractivity contribution in [1.29, 1.82) is 0 Å². The van der Waals surface area contributed by atoms with Gasteiger partial charge in [-0.05, 0) is 17.7 Å². The van der Waals surface area contributed by atoms with Gasteiger partial charge in [0.05, 0.1) is 15.9 Å². The van der Waals surface area contributed by atoms with Crippen molar-refractivity contribution in [2.75, 3.05) is 0 Å². The third-order valence-corrected chi connectivity index (χ3v) is 4.34. The van der Waals surface area contributed by atoms with Crippen molar-refractivity contribution in [2.24, 2.45) is 0 Å². The van der Waals surface area contributed by atoms with Gasteiger partial charge in [0.25, 0.3) is 0 Å². The maximum atomic E-state index is 10.1. The Labute approximate surface area is 124 Å². The van der Waals surface area contributed by atoms with Crippen molar-refractivity contribution in [1.82, 2.24) is 15.0 Å². The first-order valence-corrected chi connectivity index (χ1v) is 7.33. The van der Waals surface area contributed by atoms with Crippen LogP contribution in [-0.2, 0) is 0 Å². The van der Waals surface area contributed by atoms with Crippen molar-refractivity contribution in [3.63, 3.8) is 0 Å². The van der Waals surface area contributed by atoms with Crippen LogP contribution in [0.4, 0.5) is 0 Å². The zero-order valence-electron chi connectivity index (χ0n) is 10.9. The molecular formula is C16H11N3OS. The molecule has 5 heteroatoms. The van der Waals surface area contributed by atoms with Crippen LogP contribution < -0.4 is 0 Å². The molecule has 0 amide bonds. The highest BCUT2D eigenvalue weighted by atomic mass is 32.1. The Balaban J connectivity index is 1.83. The van der Waals surface area contributed by atoms with Crippen molar-refractivity contribution in [3.05, 3.63) is 54.6 Å². The van der Waals surface area contributed by atoms with Gasteiger partial charge >= 0.3 is 0 Å². The van der Waals surface area contributed by atoms with Crippen LogP contribution in [0, 0.1) is 0 Å². The van der Waals surface area contributed by atoms with Gasteiger partial charge in [0.2, 0.25) is 5.88 Å². The highest BCUT2D eigenvalue weighted by Crippen LogP contribution is 2.38. The fourth-order valence-corrected chi connectivity index (χ4v) is 3.15. The molecule has 0 unspecified atom stereocenters. The van der Waals surface area contributed by atoms with E-state index in [0.29, 0.717) is 10.8 Å². The molecule has 2 aromatic heterocycles. The van der Waals surface area contributed by atoms with Gasteiger partial charge in [-0.25, -0.2) is 4.98 Å². The Morgan fingerprint density at radius 2 is 1.67 bits per heavy atom. The monoisotopic (exact) mass is 293 g/mol. The molecule has 2 heterocycles. The lowest BCUT2D eigenvalue weighted by atomic mass is 10.2. The lowest BCUT2D eigenvalue weighted by molar-refractivity contribution is 0.459. The lowest BCUT2D eigenvalue weighted by Gasteiger charge is -1.95. The number of imidazole rings is 1. The molecule has 4 nitrogen and oxygen atoms in total. The summed E-state index contributed by atoms with van der Waals surface area (Å²) >= 11 is 1.43. The standard InChI is InChI=1S/C16H11N3OS/c20-15-13(10-6-2-1-3-7-10)21-16(19-15)14-17-11-8-4-5-9-12(11)18-14/h1-9,20H,(H,17,18). The Bertz CT molecular complexity index is 879. The number of hydrogen-bond donors (Lipinski definition) is 2. The average Bonchev–Trinajstić information content (AvgIpc) is 3.11. The molecule has 4 rings (SSSR count). The molecule has 0 saturated heterocycles. The highest BCUT2D eigenvalue weighted by Gasteiger charge is 2.15. The molecule has 102 valence electrons. The average molecular weight is 293 g/mol. The van der Waals surface area contributed by atoms with E-state index in [1.54, 1.807) is 0 Å². The zero-order valence-corrected chi connectivity index (χ0v) is 11.8. The van der Waals surface area contributed by atoms with E-state index in [2.05, 4.69) is 15.0 Å². The summed E-state index contributed by atoms with van der Waals surface area (Å²) in [6.07, 6.45) is 0. The van der Waals surface area contributed by atoms with Crippen molar-refractivity contribution in [2.45, 2.75) is 0 Å². The summed E-state index contributed by atoms with van der Waals surface area (Å²) < 4.78 is 0. The summed E-state index contributed by atoms with van der Waals surface area (Å²) in [6.45, 7) is 0. The number of aromatic hydroxyl groups is 1. The summed E-state index contributed by atoms with van der Waals surface area (Å²) in [5, 5.41) is 10.8. The van der Waals surface area contributed by atoms with Gasteiger partial charge in [-0.1, -0.05) is 42.5 Å². The van der Waals surface area contributed by atoms with Crippen LogP contribution in [0.5, 0.6) is 5.88 Å². The largest absolute Gasteiger partial charge is 0.492 e. The Hall–Kier alpha value is -2.66. The van der Waals surface area contributed by atoms with E-state index in [1.165, 1.54) is 11.3 Å². The number of hydrogen-bond acceptors (Lipinski definition) is 4. The first-order valence-electron chi connectivity index (χ1n) is 6.51. The highest BCUT2D eigenvalue weighted by molar-refractivity contribution is 7.18. The number of aromatic amines is 1. The molecule has 21 heavy (non-hydrogen) atoms. The number of para-hydroxylation sites is 2. The maximum absolute atomic E-state index is 10.1. The lowest BCUT2D eigenvalue weighted by Crippen LogP contribution is -1.77. The Morgan fingerprint density at radius 3 is 2.48 bits per heavy atom. The summed E-state index contributed by atoms with van der Waals surface area (Å²) in [6, 6.07) is 17.6. The van der Waals surface area contributed by atoms with Crippen molar-refractivity contribution in [3.8, 4) is 27.2 Å². The van der Waals surface area contributed by atoms with E-state index in [0.717, 1.165) is 21.5 Å². The van der Waals surface area contributed by atoms with Gasteiger partial charge in [-0.3, -0.25) is 0 Å². The van der Waals surface area contributed by atoms with Crippen LogP contribution in [0.3, 0.4) is 0 Å². The molecule has 0 aliphatic heterocycles. The minimum absolute atomic E-state index is 0.0432. The molecule has 0 bridgehead atoms. The van der Waals surface area contributed by atoms with Gasteiger partial charge in [0, 0.05) is 0 Å². The second kappa shape index (κ2) is 4.71. The minimum atomic E-state index is 0.0432. The van der Waals surface area contributed by atoms with Crippen molar-refractivity contribution < 1.29 is 5.11 Å². The molecule has 0 aliphatic carbocycles. The van der Waals surface area contributed by atoms with Crippen LogP contribution >= 0.6 is 11.3 Å². The topological polar surface area (TPSA) is 61.8 Å². The second-order valence-electron chi connectivity index (χ2n) is 4.64. The van der Waals surface area contributed by atoms with E-state index >= 15 is 0 Å². The van der Waals surface area contributed by atoms with Crippen LogP contribution in [0.1, 0.15) is 0 Å². The molecule has 4 aromatic rings. The van der Waals surface area contributed by atoms with Crippen molar-refractivity contribution >= 4 is 22.4 Å². The van der Waals surface area contributed by atoms with Crippen LogP contribution in [0.15, 0.2) is 54.6 Å². The van der Waals surface area contributed by atoms with Gasteiger partial charge in [0.1, 0.15) is 0 Å². The third kappa shape index (κ3) is 2.08. The van der Waals surface area contributed by atoms with Gasteiger partial charge in [-0.15, -0.1) is 11.3 Å². The summed E-state index contributed by atoms with van der Waals surface area (Å²) in [5.41, 5.74) is 2.81. The predicted octanol–water partition coefficient (Wildman–Crippen LogP) is 4.06. The molecule has 0 aliphatic rings. The molecule has 0 spiro atoms. The predicted molar refractivity (Wildman–Crippen MR) is 84.3 cm³/mol. The maximum Gasteiger partial charge on any atom is 0.230 e. The fourth-order valence-electron chi connectivity index (χ4n) is 2.25. The number of H-pyrrole nitrogens is 1. The SMILES string of the molecule is Oc1nc(-c2nc3ccccc3[nH]2)sc1-c1ccccc1. The number of aromatic nitrogens is 3. The van der Waals surface area contributed by atoms with Gasteiger partial charge in [0.15, 0.2) is 10.8 Å². The summed E-state index contributed by atoms with van der Waals surface area (Å²) in [4.78, 5) is 12.7. The third-order valence-electron chi connectivity index (χ3n) is 3.24. The number of benzene rings is 2. The molecule has 2 N–H and O–H groups in total. The number of nitrogens with one attached hydrogen (secondary N) is 1. The first-order chi connectivity index (χ1) is 10.3. The molecule has 0 saturated carbocycles. The quantitative estimate of drug-likeness (QED) is 0.586. The van der Waals surface area contributed by atoms with Crippen LogP contribution in [0.25, 0.3) is 32.3 Å². The van der Waals surface area contributed by atoms with E-state index in [9.17, 15) is 5.11 Å². The molecule has 0 fully saturated rings. The normalized spacial score (nSPS) is 11.0. The van der Waals surface area contributed by atoms with E-state index in [-0.39, 0.29) is 5.88 Å². The Kier molecular flexibility index (Phi) is 2.72. The van der Waals surface area contributed by atoms with Gasteiger partial charge < -0.3 is 10.1 Å². The smallest absolute Gasteiger partial charge is 0.230 e. The number of thiazole rings is 1. The van der Waals surface area contributed by atoms with E-state index in [4.69, 9.17) is 0 Å². The molecule has 0 atom stereocenters. The number of rotatable bonds is 2. The summed E-state index contributed by atoms with van der Waals surface area (Å²) in [7, 11) is 0. The zero-order chi connectivity index (χ0) is 14.2. The minimum Gasteiger partial charge on any atom is -0.492 e. The van der Waals surface area contributed by atoms with E-state index in [1.807, 2.05) is 54.6 Å².